The Bertz CT molecular complexity index is 1320. The largest absolute Gasteiger partial charge is 0.417 e. The summed E-state index contributed by atoms with van der Waals surface area (Å²) in [4.78, 5) is 13.1. The van der Waals surface area contributed by atoms with Crippen LogP contribution in [0.4, 0.5) is 24.7 Å². The summed E-state index contributed by atoms with van der Waals surface area (Å²) in [7, 11) is 0. The predicted molar refractivity (Wildman–Crippen MR) is 125 cm³/mol. The molecule has 1 aromatic heterocycles. The Morgan fingerprint density at radius 1 is 0.909 bits per heavy atom. The first kappa shape index (κ1) is 22.1. The number of amidine groups is 1. The topological polar surface area (TPSA) is 102 Å². The smallest absolute Gasteiger partial charge is 0.398 e. The van der Waals surface area contributed by atoms with Crippen molar-refractivity contribution in [3.8, 4) is 11.4 Å². The minimum atomic E-state index is -4.52. The normalized spacial score (nSPS) is 12.2. The minimum absolute atomic E-state index is 0.0100. The van der Waals surface area contributed by atoms with Gasteiger partial charge < -0.3 is 16.8 Å². The lowest BCUT2D eigenvalue weighted by Crippen LogP contribution is -2.18. The van der Waals surface area contributed by atoms with Crippen molar-refractivity contribution in [3.05, 3.63) is 83.9 Å². The highest BCUT2D eigenvalue weighted by Gasteiger charge is 2.34. The number of alkyl halides is 3. The zero-order valence-electron chi connectivity index (χ0n) is 17.5. The molecule has 0 bridgehead atoms. The molecule has 0 aliphatic heterocycles. The van der Waals surface area contributed by atoms with Crippen LogP contribution in [0.5, 0.6) is 0 Å². The summed E-state index contributed by atoms with van der Waals surface area (Å²) in [5.41, 5.74) is 12.8. The summed E-state index contributed by atoms with van der Waals surface area (Å²) in [5.74, 6) is 0.715. The van der Waals surface area contributed by atoms with Crippen molar-refractivity contribution in [2.75, 3.05) is 24.1 Å². The lowest BCUT2D eigenvalue weighted by Gasteiger charge is -2.14. The second-order valence-corrected chi connectivity index (χ2v) is 7.24. The molecular formula is C24H21F3N6. The summed E-state index contributed by atoms with van der Waals surface area (Å²) < 4.78 is 40.6. The van der Waals surface area contributed by atoms with E-state index in [0.717, 1.165) is 6.07 Å². The summed E-state index contributed by atoms with van der Waals surface area (Å²) in [6.07, 6.45) is -4.52. The summed E-state index contributed by atoms with van der Waals surface area (Å²) in [6.45, 7) is 0.668. The van der Waals surface area contributed by atoms with E-state index in [9.17, 15) is 13.2 Å². The zero-order valence-corrected chi connectivity index (χ0v) is 17.5. The molecule has 9 heteroatoms. The highest BCUT2D eigenvalue weighted by molar-refractivity contribution is 6.01. The van der Waals surface area contributed by atoms with Crippen LogP contribution in [0.15, 0.2) is 77.8 Å². The quantitative estimate of drug-likeness (QED) is 0.171. The molecule has 168 valence electrons. The van der Waals surface area contributed by atoms with Crippen LogP contribution < -0.4 is 16.8 Å². The van der Waals surface area contributed by atoms with Gasteiger partial charge in [-0.2, -0.15) is 13.2 Å². The van der Waals surface area contributed by atoms with E-state index in [-0.39, 0.29) is 11.4 Å². The molecule has 3 aromatic carbocycles. The fourth-order valence-corrected chi connectivity index (χ4v) is 3.42. The van der Waals surface area contributed by atoms with Crippen LogP contribution in [-0.2, 0) is 6.18 Å². The minimum Gasteiger partial charge on any atom is -0.398 e. The molecule has 0 fully saturated rings. The predicted octanol–water partition coefficient (Wildman–Crippen LogP) is 4.72. The van der Waals surface area contributed by atoms with Gasteiger partial charge in [-0.15, -0.1) is 0 Å². The van der Waals surface area contributed by atoms with Crippen molar-refractivity contribution in [2.24, 2.45) is 10.7 Å². The number of nitrogens with two attached hydrogens (primary N) is 2. The molecule has 1 heterocycles. The molecule has 4 rings (SSSR count). The fraction of sp³-hybridized carbons (Fsp3) is 0.125. The van der Waals surface area contributed by atoms with Crippen LogP contribution in [-0.4, -0.2) is 28.9 Å². The lowest BCUT2D eigenvalue weighted by atomic mass is 10.1. The van der Waals surface area contributed by atoms with E-state index < -0.39 is 11.7 Å². The van der Waals surface area contributed by atoms with Gasteiger partial charge in [-0.05, 0) is 30.3 Å². The van der Waals surface area contributed by atoms with Gasteiger partial charge in [0.1, 0.15) is 11.7 Å². The van der Waals surface area contributed by atoms with Crippen molar-refractivity contribution in [2.45, 2.75) is 6.18 Å². The Kier molecular flexibility index (Phi) is 6.12. The average molecular weight is 450 g/mol. The number of nitrogens with zero attached hydrogens (tertiary/aromatic N) is 3. The maximum atomic E-state index is 13.5. The van der Waals surface area contributed by atoms with Gasteiger partial charge in [0.05, 0.1) is 17.6 Å². The van der Waals surface area contributed by atoms with Crippen LogP contribution in [0, 0.1) is 0 Å². The summed E-state index contributed by atoms with van der Waals surface area (Å²) >= 11 is 0. The Balaban J connectivity index is 1.62. The van der Waals surface area contributed by atoms with Crippen LogP contribution in [0.1, 0.15) is 11.1 Å². The number of anilines is 2. The number of para-hydroxylation sites is 2. The molecular weight excluding hydrogens is 429 g/mol. The second kappa shape index (κ2) is 9.15. The Morgan fingerprint density at radius 2 is 1.61 bits per heavy atom. The monoisotopic (exact) mass is 450 g/mol. The zero-order chi connectivity index (χ0) is 23.4. The van der Waals surface area contributed by atoms with Crippen molar-refractivity contribution in [3.63, 3.8) is 0 Å². The van der Waals surface area contributed by atoms with E-state index in [2.05, 4.69) is 20.3 Å². The van der Waals surface area contributed by atoms with Gasteiger partial charge in [-0.1, -0.05) is 42.5 Å². The highest BCUT2D eigenvalue weighted by Crippen LogP contribution is 2.36. The Labute approximate surface area is 188 Å². The molecule has 0 radical (unpaired) electrons. The van der Waals surface area contributed by atoms with Crippen LogP contribution >= 0.6 is 0 Å². The Morgan fingerprint density at radius 3 is 2.39 bits per heavy atom. The molecule has 5 N–H and O–H groups in total. The van der Waals surface area contributed by atoms with Gasteiger partial charge in [0, 0.05) is 28.7 Å². The molecule has 0 aliphatic rings. The summed E-state index contributed by atoms with van der Waals surface area (Å²) in [5, 5.41) is 3.84. The molecule has 0 amide bonds. The van der Waals surface area contributed by atoms with Gasteiger partial charge in [0.15, 0.2) is 5.82 Å². The van der Waals surface area contributed by atoms with Crippen LogP contribution in [0.2, 0.25) is 0 Å². The number of halogens is 3. The van der Waals surface area contributed by atoms with Crippen molar-refractivity contribution >= 4 is 28.2 Å². The fourth-order valence-electron chi connectivity index (χ4n) is 3.42. The molecule has 0 atom stereocenters. The first-order chi connectivity index (χ1) is 15.8. The number of aromatic nitrogens is 2. The third-order valence-electron chi connectivity index (χ3n) is 5.00. The molecule has 33 heavy (non-hydrogen) atoms. The number of nitrogen functional groups attached to an aromatic ring is 1. The van der Waals surface area contributed by atoms with E-state index in [1.165, 1.54) is 18.2 Å². The maximum Gasteiger partial charge on any atom is 0.417 e. The SMILES string of the molecule is NC(=NCCNc1nc(-c2ccccc2C(F)(F)F)nc2ccccc12)c1ccccc1N. The van der Waals surface area contributed by atoms with E-state index in [1.807, 2.05) is 18.2 Å². The molecule has 6 nitrogen and oxygen atoms in total. The van der Waals surface area contributed by atoms with Crippen LogP contribution in [0.25, 0.3) is 22.3 Å². The van der Waals surface area contributed by atoms with Crippen molar-refractivity contribution < 1.29 is 13.2 Å². The third-order valence-corrected chi connectivity index (χ3v) is 5.00. The van der Waals surface area contributed by atoms with Gasteiger partial charge in [0.2, 0.25) is 0 Å². The van der Waals surface area contributed by atoms with E-state index in [0.29, 0.717) is 46.9 Å². The number of fused-ring (bicyclic) bond motifs is 1. The van der Waals surface area contributed by atoms with E-state index in [4.69, 9.17) is 11.5 Å². The standard InChI is InChI=1S/C24H21F3N6/c25-24(26,27)18-10-4-1-7-15(18)23-32-20-12-6-3-9-17(20)22(33-23)31-14-13-30-21(29)16-8-2-5-11-19(16)28/h1-12H,13-14,28H2,(H2,29,30)(H,31,32,33). The average Bonchev–Trinajstić information content (AvgIpc) is 2.81. The van der Waals surface area contributed by atoms with E-state index >= 15 is 0 Å². The van der Waals surface area contributed by atoms with Crippen molar-refractivity contribution in [1.82, 2.24) is 9.97 Å². The van der Waals surface area contributed by atoms with Gasteiger partial charge in [0.25, 0.3) is 0 Å². The van der Waals surface area contributed by atoms with E-state index in [1.54, 1.807) is 30.3 Å². The molecule has 0 unspecified atom stereocenters. The first-order valence-corrected chi connectivity index (χ1v) is 10.2. The lowest BCUT2D eigenvalue weighted by molar-refractivity contribution is -0.137. The number of hydrogen-bond acceptors (Lipinski definition) is 5. The Hall–Kier alpha value is -4.14. The molecule has 0 saturated heterocycles. The van der Waals surface area contributed by atoms with Gasteiger partial charge in [-0.25, -0.2) is 9.97 Å². The molecule has 0 spiro atoms. The van der Waals surface area contributed by atoms with Crippen molar-refractivity contribution in [1.29, 1.82) is 0 Å². The second-order valence-electron chi connectivity index (χ2n) is 7.24. The third kappa shape index (κ3) is 4.87. The maximum absolute atomic E-state index is 13.5. The van der Waals surface area contributed by atoms with Gasteiger partial charge in [-0.3, -0.25) is 4.99 Å². The molecule has 0 saturated carbocycles. The first-order valence-electron chi connectivity index (χ1n) is 10.2. The number of nitrogens with one attached hydrogen (secondary N) is 1. The molecule has 4 aromatic rings. The van der Waals surface area contributed by atoms with Gasteiger partial charge >= 0.3 is 6.18 Å². The number of rotatable bonds is 6. The number of aliphatic imine (C=N–C) groups is 1. The molecule has 0 aliphatic carbocycles. The number of benzene rings is 3. The number of hydrogen-bond donors (Lipinski definition) is 3. The summed E-state index contributed by atoms with van der Waals surface area (Å²) in [6, 6.07) is 19.5. The highest BCUT2D eigenvalue weighted by atomic mass is 19.4. The van der Waals surface area contributed by atoms with Crippen LogP contribution in [0.3, 0.4) is 0 Å².